The van der Waals surface area contributed by atoms with Crippen LogP contribution in [0.2, 0.25) is 0 Å². The standard InChI is InChI=1S/C13H17NS/c1-10-8-12-5-7-15-13(12)9-11(10)4-2-3-6-14/h5,7-9H,2-4,6,14H2,1H3. The Morgan fingerprint density at radius 1 is 1.27 bits per heavy atom. The molecular formula is C13H17NS. The van der Waals surface area contributed by atoms with Gasteiger partial charge in [-0.15, -0.1) is 11.3 Å². The topological polar surface area (TPSA) is 26.0 Å². The van der Waals surface area contributed by atoms with Crippen molar-refractivity contribution in [3.8, 4) is 0 Å². The summed E-state index contributed by atoms with van der Waals surface area (Å²) >= 11 is 1.82. The molecule has 0 aliphatic rings. The fourth-order valence-corrected chi connectivity index (χ4v) is 2.73. The summed E-state index contributed by atoms with van der Waals surface area (Å²) < 4.78 is 1.41. The first-order valence-corrected chi connectivity index (χ1v) is 6.36. The Morgan fingerprint density at radius 2 is 2.13 bits per heavy atom. The average molecular weight is 219 g/mol. The average Bonchev–Trinajstić information content (AvgIpc) is 2.65. The molecular weight excluding hydrogens is 202 g/mol. The third-order valence-corrected chi connectivity index (χ3v) is 3.69. The zero-order valence-electron chi connectivity index (χ0n) is 9.12. The van der Waals surface area contributed by atoms with E-state index < -0.39 is 0 Å². The van der Waals surface area contributed by atoms with Crippen LogP contribution in [0.15, 0.2) is 23.6 Å². The fraction of sp³-hybridized carbons (Fsp3) is 0.385. The molecule has 0 bridgehead atoms. The number of unbranched alkanes of at least 4 members (excludes halogenated alkanes) is 1. The van der Waals surface area contributed by atoms with Gasteiger partial charge in [0.05, 0.1) is 0 Å². The van der Waals surface area contributed by atoms with Crippen LogP contribution in [0.5, 0.6) is 0 Å². The first-order chi connectivity index (χ1) is 7.31. The van der Waals surface area contributed by atoms with Gasteiger partial charge in [-0.05, 0) is 66.8 Å². The molecule has 2 heteroatoms. The maximum Gasteiger partial charge on any atom is 0.0345 e. The molecule has 2 aromatic rings. The van der Waals surface area contributed by atoms with Crippen LogP contribution in [-0.2, 0) is 6.42 Å². The predicted molar refractivity (Wildman–Crippen MR) is 68.6 cm³/mol. The number of benzene rings is 1. The lowest BCUT2D eigenvalue weighted by atomic mass is 10.0. The second-order valence-corrected chi connectivity index (χ2v) is 4.93. The van der Waals surface area contributed by atoms with Crippen molar-refractivity contribution in [3.05, 3.63) is 34.7 Å². The quantitative estimate of drug-likeness (QED) is 0.783. The molecule has 1 aromatic carbocycles. The molecule has 0 radical (unpaired) electrons. The maximum absolute atomic E-state index is 5.51. The summed E-state index contributed by atoms with van der Waals surface area (Å²) in [6.45, 7) is 3.01. The zero-order chi connectivity index (χ0) is 10.7. The van der Waals surface area contributed by atoms with Crippen LogP contribution in [-0.4, -0.2) is 6.54 Å². The van der Waals surface area contributed by atoms with Gasteiger partial charge in [0.15, 0.2) is 0 Å². The Morgan fingerprint density at radius 3 is 2.93 bits per heavy atom. The monoisotopic (exact) mass is 219 g/mol. The zero-order valence-corrected chi connectivity index (χ0v) is 9.94. The fourth-order valence-electron chi connectivity index (χ4n) is 1.89. The molecule has 0 saturated carbocycles. The van der Waals surface area contributed by atoms with Crippen molar-refractivity contribution in [1.82, 2.24) is 0 Å². The van der Waals surface area contributed by atoms with Crippen molar-refractivity contribution in [2.45, 2.75) is 26.2 Å². The highest BCUT2D eigenvalue weighted by Crippen LogP contribution is 2.25. The van der Waals surface area contributed by atoms with Crippen molar-refractivity contribution in [1.29, 1.82) is 0 Å². The van der Waals surface area contributed by atoms with E-state index in [9.17, 15) is 0 Å². The Labute approximate surface area is 94.9 Å². The van der Waals surface area contributed by atoms with E-state index >= 15 is 0 Å². The highest BCUT2D eigenvalue weighted by molar-refractivity contribution is 7.17. The minimum absolute atomic E-state index is 0.806. The van der Waals surface area contributed by atoms with Crippen LogP contribution in [0.25, 0.3) is 10.1 Å². The van der Waals surface area contributed by atoms with Gasteiger partial charge in [0.2, 0.25) is 0 Å². The van der Waals surface area contributed by atoms with Crippen LogP contribution in [0.4, 0.5) is 0 Å². The number of hydrogen-bond donors (Lipinski definition) is 1. The van der Waals surface area contributed by atoms with Crippen LogP contribution in [0.1, 0.15) is 24.0 Å². The Hall–Kier alpha value is -0.860. The number of rotatable bonds is 4. The second-order valence-electron chi connectivity index (χ2n) is 3.98. The van der Waals surface area contributed by atoms with Gasteiger partial charge in [-0.2, -0.15) is 0 Å². The summed E-state index contributed by atoms with van der Waals surface area (Å²) in [5.41, 5.74) is 8.41. The number of thiophene rings is 1. The molecule has 0 unspecified atom stereocenters. The highest BCUT2D eigenvalue weighted by atomic mass is 32.1. The summed E-state index contributed by atoms with van der Waals surface area (Å²) in [4.78, 5) is 0. The van der Waals surface area contributed by atoms with E-state index in [4.69, 9.17) is 5.73 Å². The second kappa shape index (κ2) is 4.77. The van der Waals surface area contributed by atoms with E-state index in [0.717, 1.165) is 19.4 Å². The summed E-state index contributed by atoms with van der Waals surface area (Å²) in [6.07, 6.45) is 3.49. The molecule has 80 valence electrons. The van der Waals surface area contributed by atoms with Gasteiger partial charge in [-0.3, -0.25) is 0 Å². The van der Waals surface area contributed by atoms with Gasteiger partial charge in [0.25, 0.3) is 0 Å². The van der Waals surface area contributed by atoms with Gasteiger partial charge >= 0.3 is 0 Å². The molecule has 0 amide bonds. The lowest BCUT2D eigenvalue weighted by Crippen LogP contribution is -1.99. The molecule has 2 rings (SSSR count). The van der Waals surface area contributed by atoms with Gasteiger partial charge < -0.3 is 5.73 Å². The molecule has 15 heavy (non-hydrogen) atoms. The van der Waals surface area contributed by atoms with Crippen molar-refractivity contribution >= 4 is 21.4 Å². The largest absolute Gasteiger partial charge is 0.330 e. The highest BCUT2D eigenvalue weighted by Gasteiger charge is 2.02. The minimum atomic E-state index is 0.806. The summed E-state index contributed by atoms with van der Waals surface area (Å²) in [5, 5.41) is 3.54. The van der Waals surface area contributed by atoms with E-state index in [1.54, 1.807) is 0 Å². The van der Waals surface area contributed by atoms with Crippen molar-refractivity contribution in [2.75, 3.05) is 6.54 Å². The first-order valence-electron chi connectivity index (χ1n) is 5.48. The van der Waals surface area contributed by atoms with Crippen molar-refractivity contribution in [3.63, 3.8) is 0 Å². The first kappa shape index (κ1) is 10.7. The number of aryl methyl sites for hydroxylation is 2. The Bertz CT molecular complexity index is 445. The van der Waals surface area contributed by atoms with E-state index in [2.05, 4.69) is 30.5 Å². The third kappa shape index (κ3) is 2.39. The predicted octanol–water partition coefficient (Wildman–Crippen LogP) is 3.49. The molecule has 0 aliphatic heterocycles. The third-order valence-electron chi connectivity index (χ3n) is 2.81. The summed E-state index contributed by atoms with van der Waals surface area (Å²) in [6, 6.07) is 6.83. The van der Waals surface area contributed by atoms with Crippen molar-refractivity contribution in [2.24, 2.45) is 5.73 Å². The number of nitrogens with two attached hydrogens (primary N) is 1. The molecule has 0 saturated heterocycles. The van der Waals surface area contributed by atoms with Gasteiger partial charge in [-0.1, -0.05) is 6.07 Å². The van der Waals surface area contributed by atoms with Crippen LogP contribution < -0.4 is 5.73 Å². The number of hydrogen-bond acceptors (Lipinski definition) is 2. The molecule has 0 fully saturated rings. The van der Waals surface area contributed by atoms with Crippen LogP contribution >= 0.6 is 11.3 Å². The van der Waals surface area contributed by atoms with Gasteiger partial charge in [0, 0.05) is 4.70 Å². The Balaban J connectivity index is 2.22. The molecule has 1 heterocycles. The maximum atomic E-state index is 5.51. The lowest BCUT2D eigenvalue weighted by molar-refractivity contribution is 0.743. The Kier molecular flexibility index (Phi) is 3.39. The van der Waals surface area contributed by atoms with E-state index in [-0.39, 0.29) is 0 Å². The van der Waals surface area contributed by atoms with E-state index in [1.807, 2.05) is 11.3 Å². The molecule has 2 N–H and O–H groups in total. The van der Waals surface area contributed by atoms with Crippen LogP contribution in [0.3, 0.4) is 0 Å². The van der Waals surface area contributed by atoms with Gasteiger partial charge in [0.1, 0.15) is 0 Å². The SMILES string of the molecule is Cc1cc2ccsc2cc1CCCCN. The number of fused-ring (bicyclic) bond motifs is 1. The smallest absolute Gasteiger partial charge is 0.0345 e. The summed E-state index contributed by atoms with van der Waals surface area (Å²) in [5.74, 6) is 0. The van der Waals surface area contributed by atoms with Crippen LogP contribution in [0, 0.1) is 6.92 Å². The van der Waals surface area contributed by atoms with Crippen molar-refractivity contribution < 1.29 is 0 Å². The van der Waals surface area contributed by atoms with E-state index in [0.29, 0.717) is 0 Å². The lowest BCUT2D eigenvalue weighted by Gasteiger charge is -2.05. The van der Waals surface area contributed by atoms with Gasteiger partial charge in [-0.25, -0.2) is 0 Å². The molecule has 1 nitrogen and oxygen atoms in total. The summed E-state index contributed by atoms with van der Waals surface area (Å²) in [7, 11) is 0. The van der Waals surface area contributed by atoms with E-state index in [1.165, 1.54) is 27.6 Å². The molecule has 0 spiro atoms. The molecule has 1 aromatic heterocycles. The normalized spacial score (nSPS) is 11.1. The minimum Gasteiger partial charge on any atom is -0.330 e. The molecule has 0 aliphatic carbocycles. The molecule has 0 atom stereocenters.